The lowest BCUT2D eigenvalue weighted by Gasteiger charge is -2.06. The summed E-state index contributed by atoms with van der Waals surface area (Å²) >= 11 is 5.90. The van der Waals surface area contributed by atoms with Gasteiger partial charge in [0.15, 0.2) is 0 Å². The van der Waals surface area contributed by atoms with E-state index in [4.69, 9.17) is 16.0 Å². The normalized spacial score (nSPS) is 10.3. The van der Waals surface area contributed by atoms with Crippen molar-refractivity contribution in [1.82, 2.24) is 0 Å². The van der Waals surface area contributed by atoms with E-state index in [9.17, 15) is 4.79 Å². The molecule has 21 heavy (non-hydrogen) atoms. The van der Waals surface area contributed by atoms with Crippen molar-refractivity contribution < 1.29 is 9.21 Å². The molecule has 0 atom stereocenters. The van der Waals surface area contributed by atoms with Crippen LogP contribution in [0.5, 0.6) is 0 Å². The van der Waals surface area contributed by atoms with Gasteiger partial charge in [-0.1, -0.05) is 29.8 Å². The molecule has 1 amide bonds. The number of carbonyl (C=O) groups is 1. The molecule has 104 valence electrons. The molecular formula is C17H12ClNO2. The van der Waals surface area contributed by atoms with Crippen LogP contribution in [-0.4, -0.2) is 5.91 Å². The van der Waals surface area contributed by atoms with Crippen LogP contribution in [0.2, 0.25) is 5.02 Å². The van der Waals surface area contributed by atoms with E-state index in [1.54, 1.807) is 42.7 Å². The third-order valence-corrected chi connectivity index (χ3v) is 3.25. The van der Waals surface area contributed by atoms with Gasteiger partial charge in [-0.25, -0.2) is 0 Å². The summed E-state index contributed by atoms with van der Waals surface area (Å²) in [5, 5.41) is 3.40. The Kier molecular flexibility index (Phi) is 3.75. The van der Waals surface area contributed by atoms with Crippen molar-refractivity contribution in [3.8, 4) is 11.3 Å². The number of anilines is 1. The molecule has 4 heteroatoms. The average molecular weight is 298 g/mol. The van der Waals surface area contributed by atoms with Crippen molar-refractivity contribution in [3.05, 3.63) is 77.5 Å². The van der Waals surface area contributed by atoms with Crippen LogP contribution in [0.3, 0.4) is 0 Å². The molecular weight excluding hydrogens is 286 g/mol. The summed E-state index contributed by atoms with van der Waals surface area (Å²) in [6, 6.07) is 18.0. The zero-order chi connectivity index (χ0) is 14.7. The summed E-state index contributed by atoms with van der Waals surface area (Å²) in [6.07, 6.45) is 1.61. The standard InChI is InChI=1S/C17H12ClNO2/c18-14-6-2-7-15(11-14)19-17(20)13-5-1-4-12(10-13)16-8-3-9-21-16/h1-11H,(H,19,20). The van der Waals surface area contributed by atoms with Gasteiger partial charge in [-0.05, 0) is 42.5 Å². The quantitative estimate of drug-likeness (QED) is 0.750. The van der Waals surface area contributed by atoms with E-state index in [0.717, 1.165) is 11.3 Å². The largest absolute Gasteiger partial charge is 0.464 e. The van der Waals surface area contributed by atoms with Crippen molar-refractivity contribution in [1.29, 1.82) is 0 Å². The Morgan fingerprint density at radius 2 is 1.86 bits per heavy atom. The molecule has 1 heterocycles. The highest BCUT2D eigenvalue weighted by Crippen LogP contribution is 2.22. The van der Waals surface area contributed by atoms with Gasteiger partial charge in [-0.2, -0.15) is 0 Å². The highest BCUT2D eigenvalue weighted by molar-refractivity contribution is 6.30. The van der Waals surface area contributed by atoms with Gasteiger partial charge in [-0.15, -0.1) is 0 Å². The van der Waals surface area contributed by atoms with E-state index in [2.05, 4.69) is 5.32 Å². The average Bonchev–Trinajstić information content (AvgIpc) is 3.02. The number of nitrogens with one attached hydrogen (secondary N) is 1. The summed E-state index contributed by atoms with van der Waals surface area (Å²) in [6.45, 7) is 0. The fourth-order valence-electron chi connectivity index (χ4n) is 2.03. The molecule has 0 aliphatic carbocycles. The molecule has 1 aromatic heterocycles. The molecule has 3 aromatic rings. The third-order valence-electron chi connectivity index (χ3n) is 3.01. The van der Waals surface area contributed by atoms with E-state index in [-0.39, 0.29) is 5.91 Å². The van der Waals surface area contributed by atoms with Crippen molar-refractivity contribution in [2.24, 2.45) is 0 Å². The summed E-state index contributed by atoms with van der Waals surface area (Å²) < 4.78 is 5.34. The smallest absolute Gasteiger partial charge is 0.255 e. The van der Waals surface area contributed by atoms with Gasteiger partial charge in [0.1, 0.15) is 5.76 Å². The van der Waals surface area contributed by atoms with Crippen LogP contribution < -0.4 is 5.32 Å². The highest BCUT2D eigenvalue weighted by atomic mass is 35.5. The zero-order valence-corrected chi connectivity index (χ0v) is 11.8. The van der Waals surface area contributed by atoms with Gasteiger partial charge in [0.25, 0.3) is 5.91 Å². The van der Waals surface area contributed by atoms with Crippen molar-refractivity contribution in [3.63, 3.8) is 0 Å². The maximum atomic E-state index is 12.3. The molecule has 0 radical (unpaired) electrons. The lowest BCUT2D eigenvalue weighted by molar-refractivity contribution is 0.102. The Morgan fingerprint density at radius 3 is 2.62 bits per heavy atom. The molecule has 0 saturated heterocycles. The first-order valence-electron chi connectivity index (χ1n) is 6.43. The van der Waals surface area contributed by atoms with Crippen molar-refractivity contribution in [2.75, 3.05) is 5.32 Å². The Bertz CT molecular complexity index is 766. The maximum Gasteiger partial charge on any atom is 0.255 e. The fourth-order valence-corrected chi connectivity index (χ4v) is 2.22. The minimum Gasteiger partial charge on any atom is -0.464 e. The van der Waals surface area contributed by atoms with Gasteiger partial charge < -0.3 is 9.73 Å². The Morgan fingerprint density at radius 1 is 1.00 bits per heavy atom. The molecule has 0 fully saturated rings. The number of amides is 1. The molecule has 0 aliphatic heterocycles. The second-order valence-corrected chi connectivity index (χ2v) is 4.96. The van der Waals surface area contributed by atoms with Gasteiger partial charge in [0.2, 0.25) is 0 Å². The van der Waals surface area contributed by atoms with E-state index >= 15 is 0 Å². The number of hydrogen-bond acceptors (Lipinski definition) is 2. The Labute approximate surface area is 127 Å². The number of rotatable bonds is 3. The van der Waals surface area contributed by atoms with Crippen LogP contribution in [0.1, 0.15) is 10.4 Å². The van der Waals surface area contributed by atoms with Gasteiger partial charge >= 0.3 is 0 Å². The number of hydrogen-bond donors (Lipinski definition) is 1. The molecule has 0 aliphatic rings. The molecule has 3 nitrogen and oxygen atoms in total. The molecule has 0 unspecified atom stereocenters. The molecule has 0 spiro atoms. The van der Waals surface area contributed by atoms with Gasteiger partial charge in [0.05, 0.1) is 6.26 Å². The third kappa shape index (κ3) is 3.15. The van der Waals surface area contributed by atoms with Crippen LogP contribution in [0, 0.1) is 0 Å². The van der Waals surface area contributed by atoms with Gasteiger partial charge in [-0.3, -0.25) is 4.79 Å². The van der Waals surface area contributed by atoms with E-state index in [1.807, 2.05) is 24.3 Å². The zero-order valence-electron chi connectivity index (χ0n) is 11.0. The van der Waals surface area contributed by atoms with Crippen molar-refractivity contribution in [2.45, 2.75) is 0 Å². The van der Waals surface area contributed by atoms with E-state index in [0.29, 0.717) is 16.3 Å². The van der Waals surface area contributed by atoms with Crippen LogP contribution in [0.15, 0.2) is 71.3 Å². The summed E-state index contributed by atoms with van der Waals surface area (Å²) in [5.74, 6) is 0.540. The second kappa shape index (κ2) is 5.85. The minimum atomic E-state index is -0.189. The SMILES string of the molecule is O=C(Nc1cccc(Cl)c1)c1cccc(-c2ccco2)c1. The van der Waals surface area contributed by atoms with Crippen LogP contribution in [0.25, 0.3) is 11.3 Å². The van der Waals surface area contributed by atoms with Crippen LogP contribution in [0.4, 0.5) is 5.69 Å². The second-order valence-electron chi connectivity index (χ2n) is 4.52. The number of carbonyl (C=O) groups excluding carboxylic acids is 1. The number of benzene rings is 2. The summed E-state index contributed by atoms with van der Waals surface area (Å²) in [5.41, 5.74) is 2.08. The first-order valence-corrected chi connectivity index (χ1v) is 6.81. The summed E-state index contributed by atoms with van der Waals surface area (Å²) in [4.78, 5) is 12.3. The van der Waals surface area contributed by atoms with Crippen LogP contribution in [-0.2, 0) is 0 Å². The maximum absolute atomic E-state index is 12.3. The fraction of sp³-hybridized carbons (Fsp3) is 0. The van der Waals surface area contributed by atoms with E-state index < -0.39 is 0 Å². The molecule has 0 bridgehead atoms. The topological polar surface area (TPSA) is 42.2 Å². The predicted molar refractivity (Wildman–Crippen MR) is 83.5 cm³/mol. The number of furan rings is 1. The molecule has 1 N–H and O–H groups in total. The number of halogens is 1. The molecule has 2 aromatic carbocycles. The first kappa shape index (κ1) is 13.5. The predicted octanol–water partition coefficient (Wildman–Crippen LogP) is 4.85. The highest BCUT2D eigenvalue weighted by Gasteiger charge is 2.09. The van der Waals surface area contributed by atoms with Crippen LogP contribution >= 0.6 is 11.6 Å². The summed E-state index contributed by atoms with van der Waals surface area (Å²) in [7, 11) is 0. The van der Waals surface area contributed by atoms with Gasteiger partial charge in [0, 0.05) is 21.8 Å². The lowest BCUT2D eigenvalue weighted by atomic mass is 10.1. The van der Waals surface area contributed by atoms with Crippen molar-refractivity contribution >= 4 is 23.2 Å². The first-order chi connectivity index (χ1) is 10.2. The monoisotopic (exact) mass is 297 g/mol. The molecule has 0 saturated carbocycles. The minimum absolute atomic E-state index is 0.189. The Hall–Kier alpha value is -2.52. The Balaban J connectivity index is 1.83. The molecule has 3 rings (SSSR count). The van der Waals surface area contributed by atoms with E-state index in [1.165, 1.54) is 0 Å². The lowest BCUT2D eigenvalue weighted by Crippen LogP contribution is -2.11.